The van der Waals surface area contributed by atoms with Crippen LogP contribution in [-0.2, 0) is 9.53 Å². The Morgan fingerprint density at radius 2 is 2.07 bits per heavy atom. The molecule has 0 aromatic heterocycles. The fourth-order valence-corrected chi connectivity index (χ4v) is 1.31. The van der Waals surface area contributed by atoms with E-state index in [1.807, 2.05) is 34.6 Å². The number of ketones is 1. The number of Topliss-reactive ketones (excluding diaryl/α,β-unsaturated/α-hetero) is 1. The van der Waals surface area contributed by atoms with Crippen LogP contribution in [-0.4, -0.2) is 24.3 Å². The number of carbonyl (C=O) groups excluding carboxylic acids is 1. The lowest BCUT2D eigenvalue weighted by molar-refractivity contribution is -0.123. The smallest absolute Gasteiger partial charge is 0.189 e. The minimum absolute atomic E-state index is 0.0340. The molecule has 80 valence electrons. The third-order valence-corrected chi connectivity index (χ3v) is 2.19. The number of hydrogen-bond donors (Lipinski definition) is 0. The zero-order valence-corrected chi connectivity index (χ0v) is 9.63. The van der Waals surface area contributed by atoms with Crippen LogP contribution in [0.2, 0.25) is 0 Å². The van der Waals surface area contributed by atoms with Crippen LogP contribution in [0.5, 0.6) is 0 Å². The Morgan fingerprint density at radius 1 is 1.50 bits per heavy atom. The van der Waals surface area contributed by atoms with Crippen molar-refractivity contribution in [2.45, 2.75) is 40.7 Å². The van der Waals surface area contributed by atoms with Gasteiger partial charge in [0.05, 0.1) is 0 Å². The van der Waals surface area contributed by atoms with E-state index in [4.69, 9.17) is 4.74 Å². The van der Waals surface area contributed by atoms with Gasteiger partial charge in [0.25, 0.3) is 0 Å². The van der Waals surface area contributed by atoms with Crippen molar-refractivity contribution in [3.8, 4) is 0 Å². The fraction of sp³-hybridized carbons (Fsp3) is 0.818. The number of aliphatic imine (C=N–C) groups is 1. The van der Waals surface area contributed by atoms with E-state index in [2.05, 4.69) is 4.99 Å². The molecule has 0 aromatic carbocycles. The Bertz CT molecular complexity index is 261. The van der Waals surface area contributed by atoms with Crippen LogP contribution in [0.4, 0.5) is 0 Å². The molecule has 0 saturated carbocycles. The van der Waals surface area contributed by atoms with E-state index in [9.17, 15) is 4.79 Å². The van der Waals surface area contributed by atoms with Crippen LogP contribution in [0.1, 0.15) is 34.6 Å². The number of hydrogen-bond acceptors (Lipinski definition) is 3. The monoisotopic (exact) mass is 197 g/mol. The lowest BCUT2D eigenvalue weighted by Gasteiger charge is -2.16. The van der Waals surface area contributed by atoms with Crippen LogP contribution >= 0.6 is 0 Å². The first-order valence-electron chi connectivity index (χ1n) is 5.07. The van der Waals surface area contributed by atoms with Gasteiger partial charge < -0.3 is 4.74 Å². The molecule has 0 fully saturated rings. The molecule has 1 rings (SSSR count). The van der Waals surface area contributed by atoms with Gasteiger partial charge in [-0.05, 0) is 0 Å². The minimum Gasteiger partial charge on any atom is -0.478 e. The highest BCUT2D eigenvalue weighted by Gasteiger charge is 2.32. The van der Waals surface area contributed by atoms with Crippen LogP contribution in [0.3, 0.4) is 0 Å². The molecular weight excluding hydrogens is 178 g/mol. The second-order valence-corrected chi connectivity index (χ2v) is 5.07. The van der Waals surface area contributed by atoms with Gasteiger partial charge in [-0.1, -0.05) is 34.6 Å². The first-order chi connectivity index (χ1) is 6.32. The Balaban J connectivity index is 2.72. The third kappa shape index (κ3) is 2.34. The quantitative estimate of drug-likeness (QED) is 0.679. The number of carbonyl (C=O) groups is 1. The Morgan fingerprint density at radius 3 is 2.43 bits per heavy atom. The van der Waals surface area contributed by atoms with Gasteiger partial charge in [-0.25, -0.2) is 4.99 Å². The SMILES string of the molecule is CC(C)C(=O)C1COC(C(C)(C)C)=N1. The van der Waals surface area contributed by atoms with Gasteiger partial charge in [-0.15, -0.1) is 0 Å². The van der Waals surface area contributed by atoms with Gasteiger partial charge in [0.15, 0.2) is 11.7 Å². The highest BCUT2D eigenvalue weighted by molar-refractivity contribution is 5.92. The Hall–Kier alpha value is -0.860. The van der Waals surface area contributed by atoms with Crippen LogP contribution in [0.15, 0.2) is 4.99 Å². The molecule has 1 aliphatic heterocycles. The average molecular weight is 197 g/mol. The summed E-state index contributed by atoms with van der Waals surface area (Å²) in [6.45, 7) is 10.3. The summed E-state index contributed by atoms with van der Waals surface area (Å²) in [7, 11) is 0. The molecule has 1 atom stereocenters. The molecule has 0 spiro atoms. The first-order valence-corrected chi connectivity index (χ1v) is 5.07. The molecule has 0 aliphatic carbocycles. The molecular formula is C11H19NO2. The van der Waals surface area contributed by atoms with Gasteiger partial charge in [0.1, 0.15) is 12.6 Å². The summed E-state index contributed by atoms with van der Waals surface area (Å²) < 4.78 is 5.43. The lowest BCUT2D eigenvalue weighted by Crippen LogP contribution is -2.24. The normalized spacial score (nSPS) is 22.1. The van der Waals surface area contributed by atoms with Gasteiger partial charge >= 0.3 is 0 Å². The van der Waals surface area contributed by atoms with E-state index in [-0.39, 0.29) is 23.2 Å². The molecule has 0 aromatic rings. The van der Waals surface area contributed by atoms with E-state index in [0.717, 1.165) is 0 Å². The van der Waals surface area contributed by atoms with Crippen molar-refractivity contribution in [3.05, 3.63) is 0 Å². The van der Waals surface area contributed by atoms with Crippen LogP contribution < -0.4 is 0 Å². The van der Waals surface area contributed by atoms with Gasteiger partial charge in [-0.3, -0.25) is 4.79 Å². The Labute approximate surface area is 85.6 Å². The van der Waals surface area contributed by atoms with E-state index >= 15 is 0 Å². The molecule has 14 heavy (non-hydrogen) atoms. The molecule has 1 unspecified atom stereocenters. The topological polar surface area (TPSA) is 38.7 Å². The summed E-state index contributed by atoms with van der Waals surface area (Å²) in [4.78, 5) is 16.0. The lowest BCUT2D eigenvalue weighted by atomic mass is 9.97. The van der Waals surface area contributed by atoms with Crippen molar-refractivity contribution in [3.63, 3.8) is 0 Å². The maximum Gasteiger partial charge on any atom is 0.189 e. The predicted octanol–water partition coefficient (Wildman–Crippen LogP) is 2.05. The fourth-order valence-electron chi connectivity index (χ4n) is 1.31. The van der Waals surface area contributed by atoms with E-state index < -0.39 is 0 Å². The molecule has 0 radical (unpaired) electrons. The zero-order valence-electron chi connectivity index (χ0n) is 9.63. The predicted molar refractivity (Wildman–Crippen MR) is 56.5 cm³/mol. The maximum absolute atomic E-state index is 11.6. The van der Waals surface area contributed by atoms with Gasteiger partial charge in [-0.2, -0.15) is 0 Å². The van der Waals surface area contributed by atoms with Crippen molar-refractivity contribution in [1.82, 2.24) is 0 Å². The second kappa shape index (κ2) is 3.71. The zero-order chi connectivity index (χ0) is 10.9. The molecule has 0 saturated heterocycles. The van der Waals surface area contributed by atoms with Crippen LogP contribution in [0.25, 0.3) is 0 Å². The Kier molecular flexibility index (Phi) is 2.98. The molecule has 3 nitrogen and oxygen atoms in total. The minimum atomic E-state index is -0.274. The summed E-state index contributed by atoms with van der Waals surface area (Å²) >= 11 is 0. The molecule has 1 heterocycles. The molecule has 0 N–H and O–H groups in total. The number of nitrogens with zero attached hydrogens (tertiary/aromatic N) is 1. The highest BCUT2D eigenvalue weighted by Crippen LogP contribution is 2.23. The van der Waals surface area contributed by atoms with Crippen molar-refractivity contribution >= 4 is 11.7 Å². The van der Waals surface area contributed by atoms with Crippen molar-refractivity contribution in [1.29, 1.82) is 0 Å². The molecule has 0 bridgehead atoms. The van der Waals surface area contributed by atoms with Crippen molar-refractivity contribution < 1.29 is 9.53 Å². The average Bonchev–Trinajstić information content (AvgIpc) is 2.49. The number of ether oxygens (including phenoxy) is 1. The summed E-state index contributed by atoms with van der Waals surface area (Å²) in [6.07, 6.45) is 0. The van der Waals surface area contributed by atoms with Gasteiger partial charge in [0, 0.05) is 11.3 Å². The molecule has 1 aliphatic rings. The summed E-state index contributed by atoms with van der Waals surface area (Å²) in [5.41, 5.74) is -0.0913. The number of rotatable bonds is 2. The largest absolute Gasteiger partial charge is 0.478 e. The van der Waals surface area contributed by atoms with Gasteiger partial charge in [0.2, 0.25) is 0 Å². The van der Waals surface area contributed by atoms with E-state index in [0.29, 0.717) is 12.5 Å². The second-order valence-electron chi connectivity index (χ2n) is 5.07. The molecule has 3 heteroatoms. The standard InChI is InChI=1S/C11H19NO2/c1-7(2)9(13)8-6-14-10(12-8)11(3,4)5/h7-8H,6H2,1-5H3. The highest BCUT2D eigenvalue weighted by atomic mass is 16.5. The van der Waals surface area contributed by atoms with Crippen molar-refractivity contribution in [2.75, 3.05) is 6.61 Å². The molecule has 0 amide bonds. The summed E-state index contributed by atoms with van der Waals surface area (Å²) in [5, 5.41) is 0. The third-order valence-electron chi connectivity index (χ3n) is 2.19. The summed E-state index contributed by atoms with van der Waals surface area (Å²) in [6, 6.07) is -0.274. The maximum atomic E-state index is 11.6. The first kappa shape index (κ1) is 11.2. The van der Waals surface area contributed by atoms with E-state index in [1.54, 1.807) is 0 Å². The van der Waals surface area contributed by atoms with Crippen LogP contribution in [0, 0.1) is 11.3 Å². The van der Waals surface area contributed by atoms with E-state index in [1.165, 1.54) is 0 Å². The summed E-state index contributed by atoms with van der Waals surface area (Å²) in [5.74, 6) is 0.910. The van der Waals surface area contributed by atoms with Crippen molar-refractivity contribution in [2.24, 2.45) is 16.3 Å².